The van der Waals surface area contributed by atoms with Gasteiger partial charge in [0.05, 0.1) is 12.1 Å². The van der Waals surface area contributed by atoms with E-state index in [0.29, 0.717) is 5.25 Å². The molecule has 0 aromatic heterocycles. The number of aliphatic carboxylic acids is 1. The minimum absolute atomic E-state index is 0. The zero-order chi connectivity index (χ0) is 11.5. The van der Waals surface area contributed by atoms with Crippen LogP contribution in [0.25, 0.3) is 0 Å². The predicted octanol–water partition coefficient (Wildman–Crippen LogP) is -0.119. The molecular weight excluding hydrogens is 435 g/mol. The van der Waals surface area contributed by atoms with Gasteiger partial charge < -0.3 is 15.7 Å². The quantitative estimate of drug-likeness (QED) is 0.308. The average molecular weight is 454 g/mol. The Balaban J connectivity index is 0.00000144. The maximum absolute atomic E-state index is 11.1. The maximum atomic E-state index is 11.1. The standard InChI is InChI=1S/C10H16N2O3S.Pb.2H/c13-8(14)4-2-1-3-7-9-6(5-16-7)11-10(15)12-9;;;/h6-7,9H,1-5H2,(H,13,14)(H2,11,12,15);;;/t6-,7-,9-;;;/m0.../s1. The number of rotatable bonds is 5. The van der Waals surface area contributed by atoms with Gasteiger partial charge in [-0.2, -0.15) is 11.8 Å². The molecule has 0 bridgehead atoms. The van der Waals surface area contributed by atoms with Crippen molar-refractivity contribution < 1.29 is 14.7 Å². The molecule has 3 N–H and O–H groups in total. The van der Waals surface area contributed by atoms with Gasteiger partial charge in [0.25, 0.3) is 0 Å². The Hall–Kier alpha value is 0.0121. The summed E-state index contributed by atoms with van der Waals surface area (Å²) >= 11 is 1.87. The Labute approximate surface area is 125 Å². The third-order valence-electron chi connectivity index (χ3n) is 3.07. The number of carbonyl (C=O) groups is 2. The monoisotopic (exact) mass is 454 g/mol. The predicted molar refractivity (Wildman–Crippen MR) is 70.1 cm³/mol. The first-order valence-electron chi connectivity index (χ1n) is 5.57. The molecule has 0 aromatic rings. The van der Waals surface area contributed by atoms with E-state index in [1.165, 1.54) is 0 Å². The second-order valence-corrected chi connectivity index (χ2v) is 5.53. The normalized spacial score (nSPS) is 30.1. The number of carboxylic acid groups (broad SMARTS) is 1. The van der Waals surface area contributed by atoms with Crippen molar-refractivity contribution in [2.75, 3.05) is 5.75 Å². The Morgan fingerprint density at radius 2 is 2.18 bits per heavy atom. The zero-order valence-corrected chi connectivity index (χ0v) is 16.0. The fraction of sp³-hybridized carbons (Fsp3) is 0.800. The van der Waals surface area contributed by atoms with Crippen LogP contribution in [0.1, 0.15) is 25.7 Å². The van der Waals surface area contributed by atoms with E-state index in [1.54, 1.807) is 0 Å². The van der Waals surface area contributed by atoms with Crippen molar-refractivity contribution in [3.63, 3.8) is 0 Å². The van der Waals surface area contributed by atoms with Gasteiger partial charge in [0, 0.05) is 17.4 Å². The van der Waals surface area contributed by atoms with Crippen molar-refractivity contribution in [3.05, 3.63) is 0 Å². The van der Waals surface area contributed by atoms with E-state index in [4.69, 9.17) is 5.11 Å². The number of hydrogen-bond donors (Lipinski definition) is 3. The number of fused-ring (bicyclic) bond motifs is 1. The summed E-state index contributed by atoms with van der Waals surface area (Å²) in [6, 6.07) is 0.440. The van der Waals surface area contributed by atoms with E-state index in [1.807, 2.05) is 11.8 Å². The molecule has 17 heavy (non-hydrogen) atoms. The van der Waals surface area contributed by atoms with Gasteiger partial charge in [0.15, 0.2) is 0 Å². The van der Waals surface area contributed by atoms with Crippen LogP contribution < -0.4 is 10.6 Å². The van der Waals surface area contributed by atoms with Gasteiger partial charge in [-0.05, 0) is 12.8 Å². The van der Waals surface area contributed by atoms with E-state index >= 15 is 0 Å². The van der Waals surface area contributed by atoms with Crippen LogP contribution in [0.2, 0.25) is 0 Å². The van der Waals surface area contributed by atoms with Gasteiger partial charge in [-0.15, -0.1) is 0 Å². The van der Waals surface area contributed by atoms with Gasteiger partial charge in [0.2, 0.25) is 0 Å². The van der Waals surface area contributed by atoms with Crippen LogP contribution in [0.3, 0.4) is 0 Å². The van der Waals surface area contributed by atoms with Crippen molar-refractivity contribution in [1.29, 1.82) is 0 Å². The van der Waals surface area contributed by atoms with Crippen LogP contribution in [0, 0.1) is 0 Å². The fourth-order valence-corrected chi connectivity index (χ4v) is 3.81. The molecule has 2 amide bonds. The molecule has 2 heterocycles. The summed E-state index contributed by atoms with van der Waals surface area (Å²) < 4.78 is 0. The molecule has 2 aliphatic heterocycles. The Morgan fingerprint density at radius 1 is 1.41 bits per heavy atom. The summed E-state index contributed by atoms with van der Waals surface area (Å²) in [6.45, 7) is 0. The molecule has 0 saturated carbocycles. The van der Waals surface area contributed by atoms with E-state index in [0.717, 1.165) is 25.0 Å². The topological polar surface area (TPSA) is 78.4 Å². The molecule has 0 unspecified atom stereocenters. The van der Waals surface area contributed by atoms with E-state index in [2.05, 4.69) is 10.6 Å². The number of urea groups is 1. The van der Waals surface area contributed by atoms with Crippen LogP contribution in [-0.4, -0.2) is 67.5 Å². The number of carboxylic acids is 1. The van der Waals surface area contributed by atoms with Gasteiger partial charge in [-0.3, -0.25) is 4.79 Å². The van der Waals surface area contributed by atoms with Gasteiger partial charge in [-0.1, -0.05) is 6.42 Å². The first-order chi connectivity index (χ1) is 7.66. The van der Waals surface area contributed by atoms with Crippen molar-refractivity contribution in [2.45, 2.75) is 43.0 Å². The zero-order valence-electron chi connectivity index (χ0n) is 9.65. The van der Waals surface area contributed by atoms with Crippen molar-refractivity contribution in [1.82, 2.24) is 10.6 Å². The summed E-state index contributed by atoms with van der Waals surface area (Å²) in [5, 5.41) is 14.8. The van der Waals surface area contributed by atoms with Crippen LogP contribution in [0.5, 0.6) is 0 Å². The molecule has 96 valence electrons. The third-order valence-corrected chi connectivity index (χ3v) is 4.58. The number of hydrogen-bond acceptors (Lipinski definition) is 3. The summed E-state index contributed by atoms with van der Waals surface area (Å²) in [5.74, 6) is 0.236. The van der Waals surface area contributed by atoms with Crippen molar-refractivity contribution in [2.24, 2.45) is 0 Å². The number of nitrogens with one attached hydrogen (secondary N) is 2. The molecule has 0 spiro atoms. The van der Waals surface area contributed by atoms with E-state index in [9.17, 15) is 9.59 Å². The molecule has 2 fully saturated rings. The first kappa shape index (κ1) is 15.1. The van der Waals surface area contributed by atoms with Crippen molar-refractivity contribution in [3.8, 4) is 0 Å². The molecule has 0 aromatic carbocycles. The van der Waals surface area contributed by atoms with E-state index < -0.39 is 5.97 Å². The van der Waals surface area contributed by atoms with Crippen LogP contribution in [0.4, 0.5) is 4.79 Å². The van der Waals surface area contributed by atoms with Crippen LogP contribution in [0.15, 0.2) is 0 Å². The number of thioether (sulfide) groups is 1. The Morgan fingerprint density at radius 3 is 2.88 bits per heavy atom. The number of unbranched alkanes of at least 4 members (excludes halogenated alkanes) is 1. The molecule has 2 aliphatic rings. The molecule has 7 heteroatoms. The molecule has 0 aliphatic carbocycles. The molecule has 2 radical (unpaired) electrons. The second kappa shape index (κ2) is 6.81. The second-order valence-electron chi connectivity index (χ2n) is 4.26. The van der Waals surface area contributed by atoms with Crippen LogP contribution >= 0.6 is 11.8 Å². The molecule has 5 nitrogen and oxygen atoms in total. The van der Waals surface area contributed by atoms with Gasteiger partial charge in [-0.25, -0.2) is 4.79 Å². The Bertz CT molecular complexity index is 303. The number of amides is 2. The average Bonchev–Trinajstić information content (AvgIpc) is 2.72. The summed E-state index contributed by atoms with van der Waals surface area (Å²) in [7, 11) is 0. The molecule has 3 atom stereocenters. The molecule has 2 rings (SSSR count). The summed E-state index contributed by atoms with van der Waals surface area (Å²) in [6.07, 6.45) is 2.88. The summed E-state index contributed by atoms with van der Waals surface area (Å²) in [5.41, 5.74) is 0. The first-order valence-corrected chi connectivity index (χ1v) is 6.62. The molecule has 2 saturated heterocycles. The van der Waals surface area contributed by atoms with Crippen molar-refractivity contribution >= 4 is 51.1 Å². The van der Waals surface area contributed by atoms with E-state index in [-0.39, 0.29) is 51.8 Å². The fourth-order valence-electron chi connectivity index (χ4n) is 2.26. The van der Waals surface area contributed by atoms with Crippen LogP contribution in [-0.2, 0) is 4.79 Å². The third kappa shape index (κ3) is 4.01. The number of carbonyl (C=O) groups excluding carboxylic acids is 1. The summed E-state index contributed by atoms with van der Waals surface area (Å²) in [4.78, 5) is 21.5. The minimum atomic E-state index is -0.729. The van der Waals surface area contributed by atoms with Gasteiger partial charge in [0.1, 0.15) is 0 Å². The molecular formula is C10H18N2O3PbS. The van der Waals surface area contributed by atoms with Gasteiger partial charge >= 0.3 is 39.3 Å². The Kier molecular flexibility index (Phi) is 6.04. The SMILES string of the molecule is O=C(O)CCCC[C@@H]1SC[C@@H]2NC(=O)N[C@@H]21.[PbH2].